The van der Waals surface area contributed by atoms with Crippen molar-refractivity contribution in [2.75, 3.05) is 14.1 Å². The van der Waals surface area contributed by atoms with Crippen LogP contribution >= 0.6 is 0 Å². The van der Waals surface area contributed by atoms with Crippen LogP contribution in [-0.2, 0) is 24.1 Å². The maximum absolute atomic E-state index is 13.2. The Hall–Kier alpha value is -3.58. The second-order valence-electron chi connectivity index (χ2n) is 8.46. The molecule has 0 aliphatic carbocycles. The summed E-state index contributed by atoms with van der Waals surface area (Å²) in [5.41, 5.74) is 2.65. The maximum atomic E-state index is 13.2. The second-order valence-corrected chi connectivity index (χ2v) is 8.46. The van der Waals surface area contributed by atoms with E-state index < -0.39 is 17.8 Å². The van der Waals surface area contributed by atoms with E-state index in [0.29, 0.717) is 12.1 Å². The first-order valence-electron chi connectivity index (χ1n) is 11.0. The highest BCUT2D eigenvalue weighted by molar-refractivity contribution is 5.92. The number of likely N-dealkylation sites (N-methyl/N-ethyl adjacent to an activating group) is 1. The molecule has 1 unspecified atom stereocenters. The van der Waals surface area contributed by atoms with Crippen LogP contribution in [0.4, 0.5) is 13.2 Å². The summed E-state index contributed by atoms with van der Waals surface area (Å²) in [5.74, 6) is -0.172. The lowest BCUT2D eigenvalue weighted by Gasteiger charge is -2.22. The Morgan fingerprint density at radius 3 is 2.32 bits per heavy atom. The van der Waals surface area contributed by atoms with E-state index in [1.54, 1.807) is 20.2 Å². The Balaban J connectivity index is 1.69. The van der Waals surface area contributed by atoms with Crippen molar-refractivity contribution < 1.29 is 18.0 Å². The summed E-state index contributed by atoms with van der Waals surface area (Å²) < 4.78 is 41.5. The molecule has 1 heterocycles. The number of hydrogen-bond donors (Lipinski definition) is 1. The number of benzene rings is 3. The summed E-state index contributed by atoms with van der Waals surface area (Å²) >= 11 is 0. The lowest BCUT2D eigenvalue weighted by Crippen LogP contribution is -2.36. The molecular formula is C27H26F3N3O. The minimum atomic E-state index is -4.42. The third-order valence-electron chi connectivity index (χ3n) is 5.78. The van der Waals surface area contributed by atoms with Gasteiger partial charge in [0.05, 0.1) is 5.56 Å². The molecule has 1 atom stereocenters. The molecule has 0 spiro atoms. The zero-order valence-electron chi connectivity index (χ0n) is 19.0. The smallest absolute Gasteiger partial charge is 0.347 e. The fourth-order valence-corrected chi connectivity index (χ4v) is 4.08. The molecule has 4 aromatic rings. The third kappa shape index (κ3) is 5.15. The van der Waals surface area contributed by atoms with Crippen LogP contribution in [-0.4, -0.2) is 29.5 Å². The van der Waals surface area contributed by atoms with Gasteiger partial charge in [-0.15, -0.1) is 0 Å². The van der Waals surface area contributed by atoms with Crippen molar-refractivity contribution >= 4 is 16.8 Å². The Labute approximate surface area is 196 Å². The fraction of sp³-hybridized carbons (Fsp3) is 0.222. The molecule has 1 amide bonds. The summed E-state index contributed by atoms with van der Waals surface area (Å²) in [5, 5.41) is 4.14. The monoisotopic (exact) mass is 465 g/mol. The minimum absolute atomic E-state index is 0.117. The van der Waals surface area contributed by atoms with Crippen LogP contribution in [0.25, 0.3) is 10.9 Å². The molecule has 0 saturated carbocycles. The molecule has 1 aromatic heterocycles. The van der Waals surface area contributed by atoms with Gasteiger partial charge in [-0.3, -0.25) is 10.1 Å². The fourth-order valence-electron chi connectivity index (χ4n) is 4.08. The van der Waals surface area contributed by atoms with E-state index in [1.165, 1.54) is 11.0 Å². The van der Waals surface area contributed by atoms with Crippen molar-refractivity contribution in [1.29, 1.82) is 0 Å². The van der Waals surface area contributed by atoms with E-state index in [0.717, 1.165) is 34.2 Å². The van der Waals surface area contributed by atoms with Crippen LogP contribution in [0.2, 0.25) is 0 Å². The molecule has 0 bridgehead atoms. The summed E-state index contributed by atoms with van der Waals surface area (Å²) in [7, 11) is 3.34. The Kier molecular flexibility index (Phi) is 6.75. The molecule has 7 heteroatoms. The maximum Gasteiger partial charge on any atom is 0.416 e. The first-order chi connectivity index (χ1) is 16.2. The number of nitrogens with zero attached hydrogens (tertiary/aromatic N) is 2. The zero-order valence-corrected chi connectivity index (χ0v) is 19.0. The Morgan fingerprint density at radius 2 is 1.62 bits per heavy atom. The molecule has 0 aliphatic rings. The van der Waals surface area contributed by atoms with Crippen LogP contribution in [0, 0.1) is 0 Å². The molecule has 34 heavy (non-hydrogen) atoms. The normalized spacial score (nSPS) is 12.6. The van der Waals surface area contributed by atoms with Gasteiger partial charge in [-0.05, 0) is 23.3 Å². The lowest BCUT2D eigenvalue weighted by atomic mass is 10.0. The van der Waals surface area contributed by atoms with Gasteiger partial charge in [-0.1, -0.05) is 66.7 Å². The highest BCUT2D eigenvalue weighted by Crippen LogP contribution is 2.31. The number of alkyl halides is 3. The topological polar surface area (TPSA) is 37.3 Å². The van der Waals surface area contributed by atoms with Gasteiger partial charge >= 0.3 is 6.18 Å². The van der Waals surface area contributed by atoms with Crippen LogP contribution in [0.1, 0.15) is 28.3 Å². The van der Waals surface area contributed by atoms with Gasteiger partial charge in [0, 0.05) is 49.8 Å². The van der Waals surface area contributed by atoms with Gasteiger partial charge in [-0.25, -0.2) is 0 Å². The first kappa shape index (κ1) is 23.6. The number of nitrogens with one attached hydrogen (secondary N) is 1. The highest BCUT2D eigenvalue weighted by atomic mass is 19.4. The van der Waals surface area contributed by atoms with Crippen LogP contribution in [0.3, 0.4) is 0 Å². The number of para-hydroxylation sites is 1. The number of carbonyl (C=O) groups is 1. The number of fused-ring (bicyclic) bond motifs is 1. The second kappa shape index (κ2) is 9.73. The summed E-state index contributed by atoms with van der Waals surface area (Å²) in [6, 6.07) is 22.3. The van der Waals surface area contributed by atoms with Crippen molar-refractivity contribution in [2.45, 2.75) is 25.3 Å². The predicted molar refractivity (Wildman–Crippen MR) is 127 cm³/mol. The molecule has 0 aliphatic heterocycles. The van der Waals surface area contributed by atoms with E-state index in [1.807, 2.05) is 60.8 Å². The van der Waals surface area contributed by atoms with Crippen molar-refractivity contribution in [3.8, 4) is 0 Å². The molecule has 4 rings (SSSR count). The number of amides is 1. The van der Waals surface area contributed by atoms with Gasteiger partial charge in [0.15, 0.2) is 0 Å². The van der Waals surface area contributed by atoms with Gasteiger partial charge in [0.1, 0.15) is 6.04 Å². The van der Waals surface area contributed by atoms with E-state index in [9.17, 15) is 18.0 Å². The number of halogens is 3. The molecular weight excluding hydrogens is 439 g/mol. The standard InChI is InChI=1S/C27H26F3N3O/c1-32(2)26(34)25(31-16-20-11-8-12-21(15-20)27(28,29)30)23-18-33(17-19-9-4-3-5-10-19)24-14-7-6-13-22(23)24/h3-15,18,25,31H,16-17H2,1-2H3. The zero-order chi connectivity index (χ0) is 24.3. The van der Waals surface area contributed by atoms with Crippen molar-refractivity contribution in [3.63, 3.8) is 0 Å². The molecule has 0 saturated heterocycles. The van der Waals surface area contributed by atoms with E-state index in [-0.39, 0.29) is 12.5 Å². The van der Waals surface area contributed by atoms with Crippen molar-refractivity contribution in [2.24, 2.45) is 0 Å². The average molecular weight is 466 g/mol. The highest BCUT2D eigenvalue weighted by Gasteiger charge is 2.31. The lowest BCUT2D eigenvalue weighted by molar-refractivity contribution is -0.137. The SMILES string of the molecule is CN(C)C(=O)C(NCc1cccc(C(F)(F)F)c1)c1cn(Cc2ccccc2)c2ccccc12. The average Bonchev–Trinajstić information content (AvgIpc) is 3.17. The van der Waals surface area contributed by atoms with E-state index >= 15 is 0 Å². The van der Waals surface area contributed by atoms with Crippen LogP contribution in [0.15, 0.2) is 85.1 Å². The molecule has 4 nitrogen and oxygen atoms in total. The van der Waals surface area contributed by atoms with Crippen LogP contribution < -0.4 is 5.32 Å². The Morgan fingerprint density at radius 1 is 0.941 bits per heavy atom. The molecule has 3 aromatic carbocycles. The molecule has 0 radical (unpaired) electrons. The summed E-state index contributed by atoms with van der Waals surface area (Å²) in [6.07, 6.45) is -2.46. The largest absolute Gasteiger partial charge is 0.416 e. The number of aromatic nitrogens is 1. The van der Waals surface area contributed by atoms with Gasteiger partial charge in [0.2, 0.25) is 5.91 Å². The van der Waals surface area contributed by atoms with Gasteiger partial charge in [-0.2, -0.15) is 13.2 Å². The quantitative estimate of drug-likeness (QED) is 0.384. The minimum Gasteiger partial charge on any atom is -0.347 e. The number of rotatable bonds is 7. The number of carbonyl (C=O) groups excluding carboxylic acids is 1. The van der Waals surface area contributed by atoms with E-state index in [4.69, 9.17) is 0 Å². The number of hydrogen-bond acceptors (Lipinski definition) is 2. The summed E-state index contributed by atoms with van der Waals surface area (Å²) in [4.78, 5) is 14.7. The Bertz CT molecular complexity index is 1280. The van der Waals surface area contributed by atoms with Crippen LogP contribution in [0.5, 0.6) is 0 Å². The molecule has 176 valence electrons. The predicted octanol–water partition coefficient (Wildman–Crippen LogP) is 5.63. The van der Waals surface area contributed by atoms with Gasteiger partial charge < -0.3 is 9.47 Å². The van der Waals surface area contributed by atoms with E-state index in [2.05, 4.69) is 9.88 Å². The third-order valence-corrected chi connectivity index (χ3v) is 5.78. The first-order valence-corrected chi connectivity index (χ1v) is 11.0. The molecule has 0 fully saturated rings. The summed E-state index contributed by atoms with van der Waals surface area (Å²) in [6.45, 7) is 0.754. The molecule has 1 N–H and O–H groups in total. The van der Waals surface area contributed by atoms with Gasteiger partial charge in [0.25, 0.3) is 0 Å². The van der Waals surface area contributed by atoms with Crippen molar-refractivity contribution in [1.82, 2.24) is 14.8 Å². The van der Waals surface area contributed by atoms with Crippen molar-refractivity contribution in [3.05, 3.63) is 107 Å².